The van der Waals surface area contributed by atoms with Crippen molar-refractivity contribution in [3.8, 4) is 5.75 Å². The Balaban J connectivity index is 1.47. The first-order valence-electron chi connectivity index (χ1n) is 11.4. The van der Waals surface area contributed by atoms with Gasteiger partial charge in [-0.05, 0) is 43.7 Å². The second-order valence-electron chi connectivity index (χ2n) is 8.23. The van der Waals surface area contributed by atoms with E-state index in [0.29, 0.717) is 31.1 Å². The van der Waals surface area contributed by atoms with E-state index in [-0.39, 0.29) is 11.9 Å². The summed E-state index contributed by atoms with van der Waals surface area (Å²) in [5.74, 6) is 2.26. The Morgan fingerprint density at radius 1 is 1.15 bits per heavy atom. The summed E-state index contributed by atoms with van der Waals surface area (Å²) >= 11 is 1.62. The van der Waals surface area contributed by atoms with Gasteiger partial charge in [0.05, 0.1) is 37.6 Å². The Morgan fingerprint density at radius 3 is 2.56 bits per heavy atom. The summed E-state index contributed by atoms with van der Waals surface area (Å²) in [6.45, 7) is 7.42. The molecule has 1 fully saturated rings. The SMILES string of the molecule is COc1ccc(C(CNC(=O)c2ccccc2SCc2c(C)noc2C)N2CCOCC2)cc1. The van der Waals surface area contributed by atoms with Crippen LogP contribution in [0.4, 0.5) is 0 Å². The molecule has 8 heteroatoms. The maximum Gasteiger partial charge on any atom is 0.252 e. The minimum absolute atomic E-state index is 0.0564. The molecule has 4 rings (SSSR count). The van der Waals surface area contributed by atoms with Crippen molar-refractivity contribution in [2.75, 3.05) is 40.0 Å². The minimum Gasteiger partial charge on any atom is -0.497 e. The maximum atomic E-state index is 13.3. The van der Waals surface area contributed by atoms with E-state index in [1.165, 1.54) is 0 Å². The van der Waals surface area contributed by atoms with Gasteiger partial charge in [-0.25, -0.2) is 0 Å². The lowest BCUT2D eigenvalue weighted by molar-refractivity contribution is 0.0162. The summed E-state index contributed by atoms with van der Waals surface area (Å²) < 4.78 is 16.1. The van der Waals surface area contributed by atoms with Crippen LogP contribution in [0.15, 0.2) is 57.9 Å². The zero-order valence-corrected chi connectivity index (χ0v) is 20.7. The van der Waals surface area contributed by atoms with Gasteiger partial charge in [0.15, 0.2) is 0 Å². The van der Waals surface area contributed by atoms with Crippen LogP contribution in [0.2, 0.25) is 0 Å². The summed E-state index contributed by atoms with van der Waals surface area (Å²) in [5, 5.41) is 7.21. The van der Waals surface area contributed by atoms with E-state index in [4.69, 9.17) is 14.0 Å². The number of hydrogen-bond acceptors (Lipinski definition) is 7. The zero-order valence-electron chi connectivity index (χ0n) is 19.9. The molecule has 1 atom stereocenters. The van der Waals surface area contributed by atoms with Crippen molar-refractivity contribution in [3.05, 3.63) is 76.7 Å². The van der Waals surface area contributed by atoms with Crippen molar-refractivity contribution in [2.24, 2.45) is 0 Å². The first-order chi connectivity index (χ1) is 16.6. The number of rotatable bonds is 9. The van der Waals surface area contributed by atoms with E-state index in [0.717, 1.165) is 46.3 Å². The van der Waals surface area contributed by atoms with Crippen LogP contribution in [0.25, 0.3) is 0 Å². The van der Waals surface area contributed by atoms with Gasteiger partial charge < -0.3 is 19.3 Å². The van der Waals surface area contributed by atoms with Crippen LogP contribution in [-0.2, 0) is 10.5 Å². The van der Waals surface area contributed by atoms with E-state index in [2.05, 4.69) is 27.5 Å². The van der Waals surface area contributed by atoms with Gasteiger partial charge in [0, 0.05) is 35.8 Å². The highest BCUT2D eigenvalue weighted by Gasteiger charge is 2.24. The molecule has 1 N–H and O–H groups in total. The fourth-order valence-corrected chi connectivity index (χ4v) is 5.30. The smallest absolute Gasteiger partial charge is 0.252 e. The quantitative estimate of drug-likeness (QED) is 0.454. The first kappa shape index (κ1) is 24.3. The summed E-state index contributed by atoms with van der Waals surface area (Å²) in [5.41, 5.74) is 3.78. The second-order valence-corrected chi connectivity index (χ2v) is 9.25. The molecule has 0 spiro atoms. The van der Waals surface area contributed by atoms with E-state index in [1.54, 1.807) is 18.9 Å². The predicted octanol–water partition coefficient (Wildman–Crippen LogP) is 4.40. The van der Waals surface area contributed by atoms with Crippen molar-refractivity contribution in [1.82, 2.24) is 15.4 Å². The van der Waals surface area contributed by atoms with Crippen LogP contribution in [0.3, 0.4) is 0 Å². The second kappa shape index (κ2) is 11.6. The highest BCUT2D eigenvalue weighted by atomic mass is 32.2. The number of thioether (sulfide) groups is 1. The topological polar surface area (TPSA) is 76.8 Å². The number of morpholine rings is 1. The lowest BCUT2D eigenvalue weighted by atomic mass is 10.0. The summed E-state index contributed by atoms with van der Waals surface area (Å²) in [6, 6.07) is 15.8. The van der Waals surface area contributed by atoms with E-state index in [9.17, 15) is 4.79 Å². The van der Waals surface area contributed by atoms with Crippen molar-refractivity contribution in [3.63, 3.8) is 0 Å². The summed E-state index contributed by atoms with van der Waals surface area (Å²) in [7, 11) is 1.66. The molecule has 2 aromatic carbocycles. The predicted molar refractivity (Wildman–Crippen MR) is 132 cm³/mol. The highest BCUT2D eigenvalue weighted by molar-refractivity contribution is 7.98. The Kier molecular flexibility index (Phi) is 8.26. The average Bonchev–Trinajstić information content (AvgIpc) is 3.20. The monoisotopic (exact) mass is 481 g/mol. The van der Waals surface area contributed by atoms with Gasteiger partial charge in [-0.15, -0.1) is 11.8 Å². The molecular weight excluding hydrogens is 450 g/mol. The Morgan fingerprint density at radius 2 is 1.88 bits per heavy atom. The fourth-order valence-electron chi connectivity index (χ4n) is 4.10. The van der Waals surface area contributed by atoms with Crippen molar-refractivity contribution < 1.29 is 18.8 Å². The first-order valence-corrected chi connectivity index (χ1v) is 12.4. The molecule has 0 radical (unpaired) electrons. The van der Waals surface area contributed by atoms with Crippen molar-refractivity contribution in [1.29, 1.82) is 0 Å². The lowest BCUT2D eigenvalue weighted by Gasteiger charge is -2.35. The van der Waals surface area contributed by atoms with Gasteiger partial charge in [-0.2, -0.15) is 0 Å². The summed E-state index contributed by atoms with van der Waals surface area (Å²) in [4.78, 5) is 16.6. The third-order valence-corrected chi connectivity index (χ3v) is 7.23. The van der Waals surface area contributed by atoms with Crippen LogP contribution in [0, 0.1) is 13.8 Å². The van der Waals surface area contributed by atoms with Gasteiger partial charge in [0.1, 0.15) is 11.5 Å². The number of carbonyl (C=O) groups excluding carboxylic acids is 1. The molecule has 1 aliphatic heterocycles. The number of nitrogens with zero attached hydrogens (tertiary/aromatic N) is 2. The average molecular weight is 482 g/mol. The lowest BCUT2D eigenvalue weighted by Crippen LogP contribution is -2.43. The normalized spacial score (nSPS) is 15.1. The molecular formula is C26H31N3O4S. The number of nitrogens with one attached hydrogen (secondary N) is 1. The maximum absolute atomic E-state index is 13.3. The molecule has 0 aliphatic carbocycles. The number of benzene rings is 2. The van der Waals surface area contributed by atoms with Gasteiger partial charge in [-0.3, -0.25) is 9.69 Å². The van der Waals surface area contributed by atoms with Crippen LogP contribution >= 0.6 is 11.8 Å². The Hall–Kier alpha value is -2.81. The molecule has 7 nitrogen and oxygen atoms in total. The number of hydrogen-bond donors (Lipinski definition) is 1. The molecule has 1 aliphatic rings. The standard InChI is InChI=1S/C26H31N3O4S/c1-18-23(19(2)33-28-18)17-34-25-7-5-4-6-22(25)26(30)27-16-24(29-12-14-32-15-13-29)20-8-10-21(31-3)11-9-20/h4-11,24H,12-17H2,1-3H3,(H,27,30). The Labute approximate surface area is 204 Å². The number of aryl methyl sites for hydroxylation is 2. The van der Waals surface area contributed by atoms with Gasteiger partial charge in [-0.1, -0.05) is 29.4 Å². The molecule has 0 bridgehead atoms. The molecule has 3 aromatic rings. The third-order valence-electron chi connectivity index (χ3n) is 6.13. The largest absolute Gasteiger partial charge is 0.497 e. The van der Waals surface area contributed by atoms with Crippen molar-refractivity contribution >= 4 is 17.7 Å². The molecule has 1 saturated heterocycles. The molecule has 34 heavy (non-hydrogen) atoms. The molecule has 0 saturated carbocycles. The van der Waals surface area contributed by atoms with Gasteiger partial charge in [0.2, 0.25) is 0 Å². The van der Waals surface area contributed by atoms with Crippen molar-refractivity contribution in [2.45, 2.75) is 30.5 Å². The van der Waals surface area contributed by atoms with Gasteiger partial charge >= 0.3 is 0 Å². The number of aromatic nitrogens is 1. The Bertz CT molecular complexity index is 1070. The van der Waals surface area contributed by atoms with Gasteiger partial charge in [0.25, 0.3) is 5.91 Å². The number of carbonyl (C=O) groups is 1. The van der Waals surface area contributed by atoms with Crippen LogP contribution < -0.4 is 10.1 Å². The van der Waals surface area contributed by atoms with E-state index < -0.39 is 0 Å². The zero-order chi connectivity index (χ0) is 23.9. The molecule has 1 aromatic heterocycles. The minimum atomic E-state index is -0.0753. The number of methoxy groups -OCH3 is 1. The summed E-state index contributed by atoms with van der Waals surface area (Å²) in [6.07, 6.45) is 0. The number of amides is 1. The molecule has 180 valence electrons. The molecule has 1 amide bonds. The van der Waals surface area contributed by atoms with Crippen LogP contribution in [0.1, 0.15) is 39.0 Å². The highest BCUT2D eigenvalue weighted by Crippen LogP contribution is 2.29. The molecule has 1 unspecified atom stereocenters. The van der Waals surface area contributed by atoms with Crippen LogP contribution in [0.5, 0.6) is 5.75 Å². The fraction of sp³-hybridized carbons (Fsp3) is 0.385. The number of ether oxygens (including phenoxy) is 2. The van der Waals surface area contributed by atoms with Crippen LogP contribution in [-0.4, -0.2) is 55.9 Å². The van der Waals surface area contributed by atoms with E-state index in [1.807, 2.05) is 50.2 Å². The third kappa shape index (κ3) is 5.81. The molecule has 2 heterocycles. The van der Waals surface area contributed by atoms with E-state index >= 15 is 0 Å².